The molecule has 1 aliphatic heterocycles. The molecule has 1 saturated heterocycles. The predicted octanol–water partition coefficient (Wildman–Crippen LogP) is 5.45. The Labute approximate surface area is 164 Å². The second-order valence-electron chi connectivity index (χ2n) is 7.09. The number of nitrogens with zero attached hydrogens (tertiary/aromatic N) is 2. The summed E-state index contributed by atoms with van der Waals surface area (Å²) in [4.78, 5) is 19.1. The Hall–Kier alpha value is -2.31. The molecule has 1 aliphatic rings. The lowest BCUT2D eigenvalue weighted by Gasteiger charge is -2.20. The van der Waals surface area contributed by atoms with Crippen LogP contribution in [0.4, 0.5) is 13.2 Å². The Balaban J connectivity index is 2.23. The van der Waals surface area contributed by atoms with Gasteiger partial charge in [-0.05, 0) is 49.5 Å². The van der Waals surface area contributed by atoms with Gasteiger partial charge in [0.25, 0.3) is 5.91 Å². The summed E-state index contributed by atoms with van der Waals surface area (Å²) in [6, 6.07) is 5.73. The van der Waals surface area contributed by atoms with Gasteiger partial charge in [-0.2, -0.15) is 0 Å². The maximum Gasteiger partial charge on any atom is 0.573 e. The van der Waals surface area contributed by atoms with E-state index in [2.05, 4.69) is 16.7 Å². The minimum absolute atomic E-state index is 0.0445. The summed E-state index contributed by atoms with van der Waals surface area (Å²) in [5.74, 6) is -0.283. The number of unbranched alkanes of at least 4 members (excludes halogenated alkanes) is 1. The number of aliphatic imine (C=N–C) groups is 1. The average Bonchev–Trinajstić information content (AvgIpc) is 2.75. The Morgan fingerprint density at radius 1 is 1.39 bits per heavy atom. The number of halogens is 3. The number of likely N-dealkylation sites (tertiary alicyclic amines) is 1. The van der Waals surface area contributed by atoms with Crippen molar-refractivity contribution in [1.82, 2.24) is 4.90 Å². The largest absolute Gasteiger partial charge is 0.573 e. The lowest BCUT2D eigenvalue weighted by atomic mass is 10.0. The van der Waals surface area contributed by atoms with Crippen molar-refractivity contribution in [3.8, 4) is 5.75 Å². The van der Waals surface area contributed by atoms with E-state index >= 15 is 0 Å². The van der Waals surface area contributed by atoms with Gasteiger partial charge in [-0.3, -0.25) is 9.79 Å². The van der Waals surface area contributed by atoms with Crippen LogP contribution in [0, 0.1) is 5.92 Å². The van der Waals surface area contributed by atoms with Crippen molar-refractivity contribution in [3.05, 3.63) is 36.0 Å². The molecular weight excluding hydrogens is 369 g/mol. The number of amides is 1. The maximum absolute atomic E-state index is 12.8. The van der Waals surface area contributed by atoms with E-state index in [0.717, 1.165) is 38.8 Å². The Kier molecular flexibility index (Phi) is 7.66. The lowest BCUT2D eigenvalue weighted by molar-refractivity contribution is -0.274. The first-order valence-electron chi connectivity index (χ1n) is 9.61. The number of hydrogen-bond donors (Lipinski definition) is 0. The van der Waals surface area contributed by atoms with Gasteiger partial charge < -0.3 is 9.64 Å². The first-order chi connectivity index (χ1) is 13.2. The molecule has 0 radical (unpaired) electrons. The van der Waals surface area contributed by atoms with Gasteiger partial charge >= 0.3 is 6.36 Å². The van der Waals surface area contributed by atoms with Crippen molar-refractivity contribution in [2.24, 2.45) is 10.9 Å². The molecule has 7 heteroatoms. The van der Waals surface area contributed by atoms with Crippen LogP contribution in [0.2, 0.25) is 0 Å². The van der Waals surface area contributed by atoms with Crippen LogP contribution in [0.3, 0.4) is 0 Å². The Morgan fingerprint density at radius 2 is 2.14 bits per heavy atom. The van der Waals surface area contributed by atoms with E-state index in [-0.39, 0.29) is 17.6 Å². The molecule has 1 unspecified atom stereocenters. The number of alkyl halides is 3. The molecule has 0 aliphatic carbocycles. The first kappa shape index (κ1) is 22.0. The standard InChI is InChI=1S/C21H27F3N2O2/c1-4-5-11-26-12-7-8-15(2)19(20(26)27)25-14-16(3)17-9-6-10-18(13-17)28-21(22,23)24/h6,9-10,13-15H,4-5,7-8,11-12H2,1-3H3/b16-14+,25-19?. The normalized spacial score (nSPS) is 20.4. The van der Waals surface area contributed by atoms with Crippen molar-refractivity contribution in [2.75, 3.05) is 13.1 Å². The highest BCUT2D eigenvalue weighted by Gasteiger charge is 2.31. The highest BCUT2D eigenvalue weighted by Crippen LogP contribution is 2.26. The molecule has 28 heavy (non-hydrogen) atoms. The molecule has 1 amide bonds. The second kappa shape index (κ2) is 9.75. The van der Waals surface area contributed by atoms with E-state index in [9.17, 15) is 18.0 Å². The fraction of sp³-hybridized carbons (Fsp3) is 0.524. The number of rotatable bonds is 6. The molecular formula is C21H27F3N2O2. The van der Waals surface area contributed by atoms with Gasteiger partial charge in [0.15, 0.2) is 0 Å². The lowest BCUT2D eigenvalue weighted by Crippen LogP contribution is -2.37. The quantitative estimate of drug-likeness (QED) is 0.642. The van der Waals surface area contributed by atoms with Crippen LogP contribution >= 0.6 is 0 Å². The Bertz CT molecular complexity index is 739. The second-order valence-corrected chi connectivity index (χ2v) is 7.09. The third-order valence-electron chi connectivity index (χ3n) is 4.74. The minimum Gasteiger partial charge on any atom is -0.406 e. The Morgan fingerprint density at radius 3 is 2.82 bits per heavy atom. The molecule has 0 aromatic heterocycles. The molecule has 1 aromatic rings. The van der Waals surface area contributed by atoms with Gasteiger partial charge in [0.2, 0.25) is 0 Å². The SMILES string of the molecule is CCCCN1CCCC(C)C(=N/C=C(\C)c2cccc(OC(F)(F)F)c2)C1=O. The topological polar surface area (TPSA) is 41.9 Å². The van der Waals surface area contributed by atoms with E-state index < -0.39 is 6.36 Å². The highest BCUT2D eigenvalue weighted by molar-refractivity contribution is 6.39. The van der Waals surface area contributed by atoms with E-state index in [4.69, 9.17) is 0 Å². The fourth-order valence-electron chi connectivity index (χ4n) is 3.12. The zero-order chi connectivity index (χ0) is 20.7. The smallest absolute Gasteiger partial charge is 0.406 e. The zero-order valence-electron chi connectivity index (χ0n) is 16.6. The van der Waals surface area contributed by atoms with Crippen LogP contribution in [0.15, 0.2) is 35.5 Å². The van der Waals surface area contributed by atoms with Crippen molar-refractivity contribution in [3.63, 3.8) is 0 Å². The predicted molar refractivity (Wildman–Crippen MR) is 104 cm³/mol. The van der Waals surface area contributed by atoms with Crippen molar-refractivity contribution in [2.45, 2.75) is 52.8 Å². The summed E-state index contributed by atoms with van der Waals surface area (Å²) in [7, 11) is 0. The molecule has 2 rings (SSSR count). The van der Waals surface area contributed by atoms with E-state index in [1.807, 2.05) is 11.8 Å². The molecule has 0 saturated carbocycles. The molecule has 1 heterocycles. The van der Waals surface area contributed by atoms with Gasteiger partial charge in [-0.1, -0.05) is 32.4 Å². The monoisotopic (exact) mass is 396 g/mol. The number of hydrogen-bond acceptors (Lipinski definition) is 3. The molecule has 0 bridgehead atoms. The van der Waals surface area contributed by atoms with Crippen LogP contribution in [0.5, 0.6) is 5.75 Å². The van der Waals surface area contributed by atoms with Gasteiger partial charge in [-0.15, -0.1) is 13.2 Å². The van der Waals surface area contributed by atoms with Crippen LogP contribution in [-0.4, -0.2) is 36.0 Å². The third kappa shape index (κ3) is 6.39. The van der Waals surface area contributed by atoms with E-state index in [0.29, 0.717) is 16.8 Å². The van der Waals surface area contributed by atoms with Crippen LogP contribution < -0.4 is 4.74 Å². The number of benzene rings is 1. The minimum atomic E-state index is -4.74. The summed E-state index contributed by atoms with van der Waals surface area (Å²) < 4.78 is 41.2. The number of carbonyl (C=O) groups is 1. The molecule has 0 spiro atoms. The van der Waals surface area contributed by atoms with Crippen molar-refractivity contribution in [1.29, 1.82) is 0 Å². The first-order valence-corrected chi connectivity index (χ1v) is 9.61. The molecule has 1 aromatic carbocycles. The number of ether oxygens (including phenoxy) is 1. The molecule has 1 atom stereocenters. The van der Waals surface area contributed by atoms with Crippen LogP contribution in [0.25, 0.3) is 5.57 Å². The van der Waals surface area contributed by atoms with Gasteiger partial charge in [0, 0.05) is 25.2 Å². The van der Waals surface area contributed by atoms with Crippen LogP contribution in [-0.2, 0) is 4.79 Å². The van der Waals surface area contributed by atoms with Gasteiger partial charge in [-0.25, -0.2) is 0 Å². The summed E-state index contributed by atoms with van der Waals surface area (Å²) in [6.07, 6.45) is 0.611. The van der Waals surface area contributed by atoms with E-state index in [1.54, 1.807) is 19.2 Å². The maximum atomic E-state index is 12.8. The number of allylic oxidation sites excluding steroid dienone is 1. The molecule has 154 valence electrons. The highest BCUT2D eigenvalue weighted by atomic mass is 19.4. The molecule has 1 fully saturated rings. The third-order valence-corrected chi connectivity index (χ3v) is 4.74. The molecule has 0 N–H and O–H groups in total. The van der Waals surface area contributed by atoms with Crippen molar-refractivity contribution < 1.29 is 22.7 Å². The van der Waals surface area contributed by atoms with Gasteiger partial charge in [0.1, 0.15) is 11.5 Å². The number of carbonyl (C=O) groups excluding carboxylic acids is 1. The fourth-order valence-corrected chi connectivity index (χ4v) is 3.12. The average molecular weight is 396 g/mol. The summed E-state index contributed by atoms with van der Waals surface area (Å²) >= 11 is 0. The summed E-state index contributed by atoms with van der Waals surface area (Å²) in [5.41, 5.74) is 1.72. The van der Waals surface area contributed by atoms with Crippen LogP contribution in [0.1, 0.15) is 52.0 Å². The van der Waals surface area contributed by atoms with Crippen molar-refractivity contribution >= 4 is 17.2 Å². The summed E-state index contributed by atoms with van der Waals surface area (Å²) in [6.45, 7) is 7.28. The summed E-state index contributed by atoms with van der Waals surface area (Å²) in [5, 5.41) is 0. The van der Waals surface area contributed by atoms with Gasteiger partial charge in [0.05, 0.1) is 0 Å². The zero-order valence-corrected chi connectivity index (χ0v) is 16.6. The van der Waals surface area contributed by atoms with E-state index in [1.165, 1.54) is 18.2 Å². The molecule has 4 nitrogen and oxygen atoms in total.